The normalized spacial score (nSPS) is 14.6. The lowest BCUT2D eigenvalue weighted by Crippen LogP contribution is -2.37. The number of ether oxygens (including phenoxy) is 2. The summed E-state index contributed by atoms with van der Waals surface area (Å²) in [5, 5.41) is 9.21. The average molecular weight is 362 g/mol. The summed E-state index contributed by atoms with van der Waals surface area (Å²) < 4.78 is 12.6. The number of hydrogen-bond acceptors (Lipinski definition) is 7. The highest BCUT2D eigenvalue weighted by molar-refractivity contribution is 7.99. The minimum atomic E-state index is 0.0153. The fraction of sp³-hybridized carbons (Fsp3) is 0.471. The number of thioether (sulfide) groups is 1. The van der Waals surface area contributed by atoms with Crippen LogP contribution in [-0.2, 0) is 11.8 Å². The zero-order valence-electron chi connectivity index (χ0n) is 14.7. The Morgan fingerprint density at radius 2 is 2.08 bits per heavy atom. The number of anilines is 1. The predicted octanol–water partition coefficient (Wildman–Crippen LogP) is 1.94. The molecular weight excluding hydrogens is 340 g/mol. The third-order valence-corrected chi connectivity index (χ3v) is 5.11. The molecule has 134 valence electrons. The van der Waals surface area contributed by atoms with Gasteiger partial charge in [0.25, 0.3) is 0 Å². The van der Waals surface area contributed by atoms with E-state index in [1.165, 1.54) is 11.8 Å². The zero-order valence-corrected chi connectivity index (χ0v) is 15.5. The third kappa shape index (κ3) is 3.96. The van der Waals surface area contributed by atoms with Gasteiger partial charge in [-0.15, -0.1) is 10.2 Å². The Morgan fingerprint density at radius 3 is 2.80 bits per heavy atom. The molecule has 1 aliphatic heterocycles. The second kappa shape index (κ2) is 7.88. The van der Waals surface area contributed by atoms with Crippen LogP contribution in [0.2, 0.25) is 0 Å². The van der Waals surface area contributed by atoms with Crippen LogP contribution >= 0.6 is 11.8 Å². The molecule has 3 rings (SSSR count). The predicted molar refractivity (Wildman–Crippen MR) is 96.8 cm³/mol. The lowest BCUT2D eigenvalue weighted by molar-refractivity contribution is 0.101. The van der Waals surface area contributed by atoms with E-state index in [1.807, 2.05) is 36.7 Å². The van der Waals surface area contributed by atoms with Crippen molar-refractivity contribution in [2.24, 2.45) is 7.05 Å². The van der Waals surface area contributed by atoms with Crippen LogP contribution in [0.5, 0.6) is 5.75 Å². The average Bonchev–Trinajstić information content (AvgIpc) is 3.01. The number of aromatic nitrogens is 3. The van der Waals surface area contributed by atoms with Crippen LogP contribution in [0.15, 0.2) is 23.4 Å². The van der Waals surface area contributed by atoms with Crippen molar-refractivity contribution in [3.63, 3.8) is 0 Å². The minimum absolute atomic E-state index is 0.0153. The highest BCUT2D eigenvalue weighted by Gasteiger charge is 2.20. The molecule has 1 aliphatic rings. The molecule has 1 aromatic carbocycles. The Hall–Kier alpha value is -2.06. The summed E-state index contributed by atoms with van der Waals surface area (Å²) in [5.41, 5.74) is 1.63. The van der Waals surface area contributed by atoms with Crippen LogP contribution in [0.1, 0.15) is 15.9 Å². The molecule has 0 saturated carbocycles. The van der Waals surface area contributed by atoms with Gasteiger partial charge in [-0.25, -0.2) is 0 Å². The molecule has 0 atom stereocenters. The smallest absolute Gasteiger partial charge is 0.227 e. The molecule has 0 aliphatic carbocycles. The molecule has 2 aromatic rings. The maximum absolute atomic E-state index is 12.6. The van der Waals surface area contributed by atoms with Crippen molar-refractivity contribution in [3.8, 4) is 5.75 Å². The number of hydrogen-bond donors (Lipinski definition) is 0. The number of methoxy groups -OCH3 is 1. The van der Waals surface area contributed by atoms with Gasteiger partial charge in [-0.1, -0.05) is 23.4 Å². The Kier molecular flexibility index (Phi) is 5.60. The summed E-state index contributed by atoms with van der Waals surface area (Å²) >= 11 is 1.39. The van der Waals surface area contributed by atoms with Crippen LogP contribution < -0.4 is 9.64 Å². The lowest BCUT2D eigenvalue weighted by Gasteiger charge is -2.27. The van der Waals surface area contributed by atoms with Gasteiger partial charge in [-0.05, 0) is 19.1 Å². The molecule has 7 nitrogen and oxygen atoms in total. The van der Waals surface area contributed by atoms with Crippen molar-refractivity contribution in [1.82, 2.24) is 14.8 Å². The van der Waals surface area contributed by atoms with E-state index in [-0.39, 0.29) is 11.5 Å². The summed E-state index contributed by atoms with van der Waals surface area (Å²) in [7, 11) is 3.50. The summed E-state index contributed by atoms with van der Waals surface area (Å²) in [6.45, 7) is 4.95. The van der Waals surface area contributed by atoms with Crippen LogP contribution in [0.4, 0.5) is 5.95 Å². The molecule has 0 spiro atoms. The van der Waals surface area contributed by atoms with Crippen LogP contribution in [0.3, 0.4) is 0 Å². The Labute approximate surface area is 151 Å². The largest absolute Gasteiger partial charge is 0.496 e. The van der Waals surface area contributed by atoms with Crippen LogP contribution in [0, 0.1) is 6.92 Å². The number of carbonyl (C=O) groups excluding carboxylic acids is 1. The van der Waals surface area contributed by atoms with Gasteiger partial charge >= 0.3 is 0 Å². The molecule has 1 saturated heterocycles. The van der Waals surface area contributed by atoms with E-state index in [2.05, 4.69) is 15.1 Å². The molecule has 1 aromatic heterocycles. The number of aryl methyl sites for hydroxylation is 1. The van der Waals surface area contributed by atoms with E-state index in [9.17, 15) is 4.79 Å². The first kappa shape index (κ1) is 17.8. The van der Waals surface area contributed by atoms with E-state index >= 15 is 0 Å². The molecule has 0 radical (unpaired) electrons. The highest BCUT2D eigenvalue weighted by atomic mass is 32.2. The second-order valence-electron chi connectivity index (χ2n) is 5.86. The Bertz CT molecular complexity index is 756. The standard InChI is InChI=1S/C17H22N4O3S/c1-12-4-5-15(23-3)13(10-12)14(22)11-25-17-19-18-16(20(17)2)21-6-8-24-9-7-21/h4-5,10H,6-9,11H2,1-3H3. The highest BCUT2D eigenvalue weighted by Crippen LogP contribution is 2.25. The van der Waals surface area contributed by atoms with E-state index in [1.54, 1.807) is 7.11 Å². The summed E-state index contributed by atoms with van der Waals surface area (Å²) in [5.74, 6) is 1.71. The molecular formula is C17H22N4O3S. The number of rotatable bonds is 6. The van der Waals surface area contributed by atoms with Crippen molar-refractivity contribution in [3.05, 3.63) is 29.3 Å². The van der Waals surface area contributed by atoms with Gasteiger partial charge in [-0.2, -0.15) is 0 Å². The minimum Gasteiger partial charge on any atom is -0.496 e. The van der Waals surface area contributed by atoms with Gasteiger partial charge in [0.1, 0.15) is 5.75 Å². The summed E-state index contributed by atoms with van der Waals surface area (Å²) in [4.78, 5) is 14.7. The van der Waals surface area contributed by atoms with Crippen molar-refractivity contribution in [1.29, 1.82) is 0 Å². The van der Waals surface area contributed by atoms with Crippen molar-refractivity contribution in [2.45, 2.75) is 12.1 Å². The zero-order chi connectivity index (χ0) is 17.8. The maximum Gasteiger partial charge on any atom is 0.227 e. The molecule has 1 fully saturated rings. The summed E-state index contributed by atoms with van der Waals surface area (Å²) in [6, 6.07) is 5.61. The van der Waals surface area contributed by atoms with E-state index in [0.29, 0.717) is 24.5 Å². The van der Waals surface area contributed by atoms with Gasteiger partial charge in [0.05, 0.1) is 31.6 Å². The van der Waals surface area contributed by atoms with Gasteiger partial charge in [0, 0.05) is 20.1 Å². The maximum atomic E-state index is 12.6. The first-order valence-corrected chi connectivity index (χ1v) is 9.11. The quantitative estimate of drug-likeness (QED) is 0.574. The number of ketones is 1. The van der Waals surface area contributed by atoms with Crippen LogP contribution in [-0.4, -0.2) is 59.7 Å². The number of morpholine rings is 1. The van der Waals surface area contributed by atoms with Crippen molar-refractivity contribution < 1.29 is 14.3 Å². The van der Waals surface area contributed by atoms with Crippen molar-refractivity contribution >= 4 is 23.5 Å². The summed E-state index contributed by atoms with van der Waals surface area (Å²) in [6.07, 6.45) is 0. The Morgan fingerprint density at radius 1 is 1.32 bits per heavy atom. The van der Waals surface area contributed by atoms with Crippen LogP contribution in [0.25, 0.3) is 0 Å². The number of nitrogens with zero attached hydrogens (tertiary/aromatic N) is 4. The SMILES string of the molecule is COc1ccc(C)cc1C(=O)CSc1nnc(N2CCOCC2)n1C. The molecule has 0 amide bonds. The number of carbonyl (C=O) groups is 1. The van der Waals surface area contributed by atoms with Gasteiger partial charge in [0.15, 0.2) is 10.9 Å². The fourth-order valence-corrected chi connectivity index (χ4v) is 3.51. The first-order valence-electron chi connectivity index (χ1n) is 8.13. The topological polar surface area (TPSA) is 69.5 Å². The van der Waals surface area contributed by atoms with E-state index in [4.69, 9.17) is 9.47 Å². The van der Waals surface area contributed by atoms with Gasteiger partial charge < -0.3 is 14.4 Å². The number of benzene rings is 1. The molecule has 8 heteroatoms. The lowest BCUT2D eigenvalue weighted by atomic mass is 10.1. The number of Topliss-reactive ketones (excluding diaryl/α,β-unsaturated/α-hetero) is 1. The van der Waals surface area contributed by atoms with Gasteiger partial charge in [0.2, 0.25) is 5.95 Å². The molecule has 2 heterocycles. The van der Waals surface area contributed by atoms with E-state index in [0.717, 1.165) is 29.8 Å². The molecule has 0 bridgehead atoms. The molecule has 0 unspecified atom stereocenters. The van der Waals surface area contributed by atoms with Crippen molar-refractivity contribution in [2.75, 3.05) is 44.1 Å². The Balaban J connectivity index is 1.68. The fourth-order valence-electron chi connectivity index (χ4n) is 2.72. The molecule has 25 heavy (non-hydrogen) atoms. The molecule has 0 N–H and O–H groups in total. The third-order valence-electron chi connectivity index (χ3n) is 4.09. The van der Waals surface area contributed by atoms with E-state index < -0.39 is 0 Å². The monoisotopic (exact) mass is 362 g/mol. The van der Waals surface area contributed by atoms with Gasteiger partial charge in [-0.3, -0.25) is 9.36 Å². The first-order chi connectivity index (χ1) is 12.1. The second-order valence-corrected chi connectivity index (χ2v) is 6.80.